The van der Waals surface area contributed by atoms with E-state index in [1.165, 1.54) is 30.9 Å². The zero-order valence-corrected chi connectivity index (χ0v) is 21.7. The summed E-state index contributed by atoms with van der Waals surface area (Å²) < 4.78 is 34.2. The Kier molecular flexibility index (Phi) is 8.64. The minimum Gasteiger partial charge on any atom is -0.495 e. The van der Waals surface area contributed by atoms with Gasteiger partial charge in [-0.25, -0.2) is 8.42 Å². The predicted molar refractivity (Wildman–Crippen MR) is 141 cm³/mol. The van der Waals surface area contributed by atoms with Crippen molar-refractivity contribution in [2.45, 2.75) is 23.9 Å². The van der Waals surface area contributed by atoms with Crippen LogP contribution in [0.5, 0.6) is 5.75 Å². The van der Waals surface area contributed by atoms with E-state index in [-0.39, 0.29) is 22.2 Å². The van der Waals surface area contributed by atoms with Crippen molar-refractivity contribution in [3.8, 4) is 5.75 Å². The van der Waals surface area contributed by atoms with Gasteiger partial charge in [0.1, 0.15) is 11.8 Å². The van der Waals surface area contributed by atoms with E-state index < -0.39 is 16.1 Å². The Morgan fingerprint density at radius 2 is 1.56 bits per heavy atom. The van der Waals surface area contributed by atoms with E-state index in [1.54, 1.807) is 4.90 Å². The molecule has 0 bridgehead atoms. The number of piperazine rings is 1. The maximum atomic E-state index is 13.6. The molecule has 7 nitrogen and oxygen atoms in total. The maximum Gasteiger partial charge on any atom is 0.241 e. The molecule has 0 spiro atoms. The molecule has 1 atom stereocenters. The Morgan fingerprint density at radius 1 is 0.944 bits per heavy atom. The van der Waals surface area contributed by atoms with E-state index in [9.17, 15) is 13.2 Å². The van der Waals surface area contributed by atoms with Crippen molar-refractivity contribution in [2.75, 3.05) is 33.3 Å². The van der Waals surface area contributed by atoms with Crippen LogP contribution in [-0.2, 0) is 27.8 Å². The lowest BCUT2D eigenvalue weighted by molar-refractivity contribution is -0.134. The Labute approximate surface area is 217 Å². The first kappa shape index (κ1) is 26.2. The molecule has 3 aromatic rings. The second-order valence-corrected chi connectivity index (χ2v) is 10.9. The van der Waals surface area contributed by atoms with Gasteiger partial charge in [0.25, 0.3) is 0 Å². The summed E-state index contributed by atoms with van der Waals surface area (Å²) in [7, 11) is -2.55. The summed E-state index contributed by atoms with van der Waals surface area (Å²) in [4.78, 5) is 17.6. The van der Waals surface area contributed by atoms with Crippen molar-refractivity contribution < 1.29 is 17.9 Å². The van der Waals surface area contributed by atoms with Crippen LogP contribution in [0, 0.1) is 0 Å². The number of benzene rings is 3. The number of halogens is 1. The van der Waals surface area contributed by atoms with Gasteiger partial charge in [-0.2, -0.15) is 4.72 Å². The van der Waals surface area contributed by atoms with Crippen molar-refractivity contribution in [3.63, 3.8) is 0 Å². The molecule has 1 aliphatic heterocycles. The van der Waals surface area contributed by atoms with E-state index in [0.29, 0.717) is 18.8 Å². The molecule has 4 rings (SSSR count). The van der Waals surface area contributed by atoms with E-state index in [0.717, 1.165) is 25.2 Å². The third kappa shape index (κ3) is 6.64. The molecule has 1 amide bonds. The highest BCUT2D eigenvalue weighted by atomic mass is 35.5. The number of carbonyl (C=O) groups is 1. The molecule has 0 saturated carbocycles. The van der Waals surface area contributed by atoms with Gasteiger partial charge in [0, 0.05) is 32.7 Å². The molecule has 1 N–H and O–H groups in total. The normalized spacial score (nSPS) is 15.4. The second-order valence-electron chi connectivity index (χ2n) is 8.75. The molecule has 1 saturated heterocycles. The lowest BCUT2D eigenvalue weighted by Gasteiger charge is -2.36. The molecule has 0 aromatic heterocycles. The fraction of sp³-hybridized carbons (Fsp3) is 0.296. The van der Waals surface area contributed by atoms with Crippen LogP contribution in [0.4, 0.5) is 0 Å². The maximum absolute atomic E-state index is 13.6. The molecule has 1 heterocycles. The largest absolute Gasteiger partial charge is 0.495 e. The number of hydrogen-bond acceptors (Lipinski definition) is 5. The smallest absolute Gasteiger partial charge is 0.241 e. The third-order valence-electron chi connectivity index (χ3n) is 6.24. The topological polar surface area (TPSA) is 78.9 Å². The van der Waals surface area contributed by atoms with Crippen molar-refractivity contribution in [1.29, 1.82) is 0 Å². The third-order valence-corrected chi connectivity index (χ3v) is 8.01. The first-order valence-corrected chi connectivity index (χ1v) is 13.7. The zero-order chi connectivity index (χ0) is 25.5. The average molecular weight is 528 g/mol. The Hall–Kier alpha value is -2.91. The molecule has 1 fully saturated rings. The van der Waals surface area contributed by atoms with E-state index in [4.69, 9.17) is 16.3 Å². The van der Waals surface area contributed by atoms with E-state index >= 15 is 0 Å². The summed E-state index contributed by atoms with van der Waals surface area (Å²) in [6.45, 7) is 3.33. The number of amides is 1. The number of sulfonamides is 1. The van der Waals surface area contributed by atoms with Crippen molar-refractivity contribution in [3.05, 3.63) is 95.0 Å². The molecule has 1 unspecified atom stereocenters. The van der Waals surface area contributed by atoms with Crippen LogP contribution >= 0.6 is 11.6 Å². The van der Waals surface area contributed by atoms with Crippen LogP contribution in [0.2, 0.25) is 5.02 Å². The van der Waals surface area contributed by atoms with Crippen molar-refractivity contribution in [2.24, 2.45) is 0 Å². The van der Waals surface area contributed by atoms with E-state index in [1.807, 2.05) is 48.5 Å². The highest BCUT2D eigenvalue weighted by molar-refractivity contribution is 7.89. The van der Waals surface area contributed by atoms with Gasteiger partial charge >= 0.3 is 0 Å². The Balaban J connectivity index is 1.48. The lowest BCUT2D eigenvalue weighted by Crippen LogP contribution is -2.55. The summed E-state index contributed by atoms with van der Waals surface area (Å²) in [6.07, 6.45) is 0.243. The standard InChI is InChI=1S/C27H30ClN3O4S/c1-35-26-13-12-23(19-24(26)28)36(33,34)29-25(18-21-8-4-2-5-9-21)27(32)31-16-14-30(15-17-31)20-22-10-6-3-7-11-22/h2-13,19,25,29H,14-18,20H2,1H3. The van der Waals surface area contributed by atoms with Crippen molar-refractivity contribution >= 4 is 27.5 Å². The van der Waals surface area contributed by atoms with Gasteiger partial charge in [-0.1, -0.05) is 72.3 Å². The number of rotatable bonds is 9. The fourth-order valence-corrected chi connectivity index (χ4v) is 5.82. The number of carbonyl (C=O) groups excluding carboxylic acids is 1. The molecular weight excluding hydrogens is 498 g/mol. The Bertz CT molecular complexity index is 1260. The molecule has 0 aliphatic carbocycles. The van der Waals surface area contributed by atoms with Gasteiger partial charge in [-0.15, -0.1) is 0 Å². The van der Waals surface area contributed by atoms with Crippen LogP contribution in [0.3, 0.4) is 0 Å². The van der Waals surface area contributed by atoms with Gasteiger partial charge in [0.15, 0.2) is 0 Å². The van der Waals surface area contributed by atoms with Gasteiger partial charge in [0.2, 0.25) is 15.9 Å². The minimum atomic E-state index is -4.01. The number of nitrogens with one attached hydrogen (secondary N) is 1. The minimum absolute atomic E-state index is 0.0214. The summed E-state index contributed by atoms with van der Waals surface area (Å²) in [5, 5.41) is 0.181. The van der Waals surface area contributed by atoms with Gasteiger partial charge < -0.3 is 9.64 Å². The molecule has 1 aliphatic rings. The van der Waals surface area contributed by atoms with Gasteiger partial charge in [-0.3, -0.25) is 9.69 Å². The molecular formula is C27H30ClN3O4S. The summed E-state index contributed by atoms with van der Waals surface area (Å²) >= 11 is 6.16. The highest BCUT2D eigenvalue weighted by Gasteiger charge is 2.31. The summed E-state index contributed by atoms with van der Waals surface area (Å²) in [6, 6.07) is 22.9. The molecule has 36 heavy (non-hydrogen) atoms. The van der Waals surface area contributed by atoms with Crippen LogP contribution in [0.15, 0.2) is 83.8 Å². The SMILES string of the molecule is COc1ccc(S(=O)(=O)NC(Cc2ccccc2)C(=O)N2CCN(Cc3ccccc3)CC2)cc1Cl. The monoisotopic (exact) mass is 527 g/mol. The number of nitrogens with zero attached hydrogens (tertiary/aromatic N) is 2. The zero-order valence-electron chi connectivity index (χ0n) is 20.1. The second kappa shape index (κ2) is 11.9. The molecule has 3 aromatic carbocycles. The molecule has 9 heteroatoms. The first-order valence-electron chi connectivity index (χ1n) is 11.8. The first-order chi connectivity index (χ1) is 17.4. The van der Waals surface area contributed by atoms with Crippen LogP contribution < -0.4 is 9.46 Å². The fourth-order valence-electron chi connectivity index (χ4n) is 4.29. The Morgan fingerprint density at radius 3 is 2.14 bits per heavy atom. The van der Waals surface area contributed by atoms with Crippen LogP contribution in [-0.4, -0.2) is 63.5 Å². The number of methoxy groups -OCH3 is 1. The quantitative estimate of drug-likeness (QED) is 0.460. The summed E-state index contributed by atoms with van der Waals surface area (Å²) in [5.41, 5.74) is 2.10. The van der Waals surface area contributed by atoms with E-state index in [2.05, 4.69) is 21.8 Å². The molecule has 190 valence electrons. The van der Waals surface area contributed by atoms with Crippen LogP contribution in [0.25, 0.3) is 0 Å². The average Bonchev–Trinajstić information content (AvgIpc) is 2.89. The summed E-state index contributed by atoms with van der Waals surface area (Å²) in [5.74, 6) is 0.141. The van der Waals surface area contributed by atoms with Crippen molar-refractivity contribution in [1.82, 2.24) is 14.5 Å². The van der Waals surface area contributed by atoms with Gasteiger partial charge in [0.05, 0.1) is 17.0 Å². The lowest BCUT2D eigenvalue weighted by atomic mass is 10.1. The van der Waals surface area contributed by atoms with Crippen LogP contribution in [0.1, 0.15) is 11.1 Å². The predicted octanol–water partition coefficient (Wildman–Crippen LogP) is 3.58. The number of ether oxygens (including phenoxy) is 1. The highest BCUT2D eigenvalue weighted by Crippen LogP contribution is 2.27. The number of hydrogen-bond donors (Lipinski definition) is 1. The molecule has 0 radical (unpaired) electrons. The van der Waals surface area contributed by atoms with Gasteiger partial charge in [-0.05, 0) is 35.7 Å².